The molecule has 12 nitrogen and oxygen atoms in total. The third-order valence-electron chi connectivity index (χ3n) is 2.64. The molecular formula is C17H34F6N4O8. The number of halogens is 6. The number of carbonyl (C=O) groups excluding carboxylic acids is 2. The molecule has 0 atom stereocenters. The summed E-state index contributed by atoms with van der Waals surface area (Å²) in [7, 11) is 0. The van der Waals surface area contributed by atoms with Gasteiger partial charge in [-0.2, -0.15) is 31.8 Å². The van der Waals surface area contributed by atoms with Crippen LogP contribution in [0.1, 0.15) is 48.5 Å². The Bertz CT molecular complexity index is 606. The van der Waals surface area contributed by atoms with Crippen LogP contribution < -0.4 is 27.2 Å². The van der Waals surface area contributed by atoms with Crippen molar-refractivity contribution in [1.29, 1.82) is 0 Å². The van der Waals surface area contributed by atoms with Crippen LogP contribution in [0.4, 0.5) is 31.1 Å². The maximum Gasteiger partial charge on any atom is 0.490 e. The molecule has 0 spiro atoms. The van der Waals surface area contributed by atoms with Gasteiger partial charge in [-0.05, 0) is 48.5 Å². The van der Waals surface area contributed by atoms with Gasteiger partial charge in [-0.3, -0.25) is 11.3 Å². The highest BCUT2D eigenvalue weighted by atomic mass is 19.4. The van der Waals surface area contributed by atoms with E-state index in [1.54, 1.807) is 34.6 Å². The fraction of sp³-hybridized carbons (Fsp3) is 0.824. The third kappa shape index (κ3) is 31.6. The van der Waals surface area contributed by atoms with Crippen molar-refractivity contribution >= 4 is 18.0 Å². The zero-order valence-corrected chi connectivity index (χ0v) is 20.3. The van der Waals surface area contributed by atoms with E-state index < -0.39 is 41.5 Å². The monoisotopic (exact) mass is 536 g/mol. The summed E-state index contributed by atoms with van der Waals surface area (Å²) < 4.78 is 68.3. The van der Waals surface area contributed by atoms with Crippen molar-refractivity contribution in [2.75, 3.05) is 13.2 Å². The van der Waals surface area contributed by atoms with E-state index in [1.807, 2.05) is 13.8 Å². The largest absolute Gasteiger partial charge is 0.542 e. The number of carbonyl (C=O) groups is 3. The van der Waals surface area contributed by atoms with Gasteiger partial charge in [0.1, 0.15) is 11.6 Å². The molecule has 0 aliphatic heterocycles. The summed E-state index contributed by atoms with van der Waals surface area (Å²) in [6, 6.07) is 0. The molecule has 0 aromatic carbocycles. The molecule has 0 unspecified atom stereocenters. The molecule has 18 heteroatoms. The van der Waals surface area contributed by atoms with Gasteiger partial charge in [-0.25, -0.2) is 15.0 Å². The quantitative estimate of drug-likeness (QED) is 0.172. The average molecular weight is 536 g/mol. The molecule has 0 aromatic heterocycles. The molecule has 0 rings (SSSR count). The molecule has 35 heavy (non-hydrogen) atoms. The average Bonchev–Trinajstić information content (AvgIpc) is 2.65. The highest BCUT2D eigenvalue weighted by Crippen LogP contribution is 2.13. The molecule has 0 saturated carbocycles. The first kappa shape index (κ1) is 39.8. The van der Waals surface area contributed by atoms with Crippen LogP contribution in [-0.2, 0) is 14.3 Å². The first-order valence-corrected chi connectivity index (χ1v) is 9.28. The second-order valence-corrected chi connectivity index (χ2v) is 8.60. The van der Waals surface area contributed by atoms with Crippen molar-refractivity contribution in [2.45, 2.75) is 77.5 Å². The summed E-state index contributed by atoms with van der Waals surface area (Å²) in [5, 5.41) is 33.3. The molecule has 9 N–H and O–H groups in total. The number of amides is 1. The predicted molar refractivity (Wildman–Crippen MR) is 106 cm³/mol. The maximum absolute atomic E-state index is 11.1. The molecule has 0 aromatic rings. The van der Waals surface area contributed by atoms with E-state index in [0.717, 1.165) is 0 Å². The minimum atomic E-state index is -5.19. The summed E-state index contributed by atoms with van der Waals surface area (Å²) in [5.74, 6) is -2.35. The lowest BCUT2D eigenvalue weighted by Crippen LogP contribution is -2.73. The van der Waals surface area contributed by atoms with E-state index in [9.17, 15) is 31.1 Å². The molecule has 0 aliphatic rings. The number of aliphatic hydroxyl groups is 2. The van der Waals surface area contributed by atoms with E-state index >= 15 is 0 Å². The summed E-state index contributed by atoms with van der Waals surface area (Å²) in [6.45, 7) is 12.6. The molecule has 0 fully saturated rings. The lowest BCUT2D eigenvalue weighted by molar-refractivity contribution is -0.462. The number of aliphatic hydroxyl groups excluding tert-OH is 2. The lowest BCUT2D eigenvalue weighted by Gasteiger charge is -2.25. The van der Waals surface area contributed by atoms with Crippen LogP contribution in [-0.4, -0.2) is 75.6 Å². The Hall–Kier alpha value is -2.41. The van der Waals surface area contributed by atoms with Crippen LogP contribution in [0.25, 0.3) is 0 Å². The first-order chi connectivity index (χ1) is 15.2. The van der Waals surface area contributed by atoms with Crippen molar-refractivity contribution in [3.63, 3.8) is 0 Å². The Balaban J connectivity index is -0.000000196. The van der Waals surface area contributed by atoms with Gasteiger partial charge in [0.15, 0.2) is 0 Å². The fourth-order valence-corrected chi connectivity index (χ4v) is 0.619. The maximum atomic E-state index is 11.1. The van der Waals surface area contributed by atoms with Crippen molar-refractivity contribution in [1.82, 2.24) is 16.3 Å². The number of aliphatic carboxylic acids is 2. The normalized spacial score (nSPS) is 11.9. The molecule has 1 amide bonds. The van der Waals surface area contributed by atoms with Gasteiger partial charge >= 0.3 is 24.4 Å². The highest BCUT2D eigenvalue weighted by molar-refractivity contribution is 5.73. The van der Waals surface area contributed by atoms with Gasteiger partial charge in [0.05, 0.1) is 24.3 Å². The van der Waals surface area contributed by atoms with Crippen LogP contribution >= 0.6 is 0 Å². The number of rotatable bonds is 5. The zero-order valence-electron chi connectivity index (χ0n) is 20.3. The molecule has 0 aliphatic carbocycles. The Morgan fingerprint density at radius 2 is 1.14 bits per heavy atom. The molecule has 0 heterocycles. The topological polar surface area (TPSA) is 208 Å². The van der Waals surface area contributed by atoms with Crippen LogP contribution in [0.15, 0.2) is 0 Å². The second kappa shape index (κ2) is 16.3. The molecule has 212 valence electrons. The van der Waals surface area contributed by atoms with Crippen molar-refractivity contribution in [3.8, 4) is 0 Å². The number of carboxylic acids is 2. The van der Waals surface area contributed by atoms with Crippen LogP contribution in [0.3, 0.4) is 0 Å². The Morgan fingerprint density at radius 1 is 0.829 bits per heavy atom. The van der Waals surface area contributed by atoms with Crippen molar-refractivity contribution in [2.24, 2.45) is 0 Å². The number of hydrogen-bond acceptors (Lipinski definition) is 9. The molecule has 0 radical (unpaired) electrons. The van der Waals surface area contributed by atoms with Crippen molar-refractivity contribution in [3.05, 3.63) is 0 Å². The van der Waals surface area contributed by atoms with E-state index in [0.29, 0.717) is 0 Å². The minimum Gasteiger partial charge on any atom is -0.542 e. The van der Waals surface area contributed by atoms with E-state index in [2.05, 4.69) is 22.1 Å². The highest BCUT2D eigenvalue weighted by Gasteiger charge is 2.38. The predicted octanol–water partition coefficient (Wildman–Crippen LogP) is -0.778. The summed E-state index contributed by atoms with van der Waals surface area (Å²) in [4.78, 5) is 28.8. The number of carboxylic acid groups (broad SMARTS) is 2. The zero-order chi connectivity index (χ0) is 29.5. The molecule has 0 bridgehead atoms. The summed E-state index contributed by atoms with van der Waals surface area (Å²) >= 11 is 0. The number of ether oxygens (including phenoxy) is 1. The number of hydrogen-bond donors (Lipinski definition) is 7. The van der Waals surface area contributed by atoms with Gasteiger partial charge in [0.2, 0.25) is 0 Å². The lowest BCUT2D eigenvalue weighted by atomic mass is 10.1. The fourth-order valence-electron chi connectivity index (χ4n) is 0.619. The number of nitrogens with one attached hydrogen (secondary N) is 3. The van der Waals surface area contributed by atoms with Gasteiger partial charge in [0.25, 0.3) is 0 Å². The third-order valence-corrected chi connectivity index (χ3v) is 2.64. The molecule has 0 saturated heterocycles. The Labute approximate surface area is 197 Å². The molecular weight excluding hydrogens is 502 g/mol. The van der Waals surface area contributed by atoms with Crippen LogP contribution in [0.5, 0.6) is 0 Å². The van der Waals surface area contributed by atoms with Gasteiger partial charge < -0.3 is 30.0 Å². The minimum absolute atomic E-state index is 0.0806. The Morgan fingerprint density at radius 3 is 1.29 bits per heavy atom. The number of hydrazine groups is 1. The van der Waals surface area contributed by atoms with Gasteiger partial charge in [-0.1, -0.05) is 0 Å². The van der Waals surface area contributed by atoms with E-state index in [1.165, 1.54) is 0 Å². The first-order valence-electron chi connectivity index (χ1n) is 9.28. The van der Waals surface area contributed by atoms with Crippen LogP contribution in [0, 0.1) is 0 Å². The Kier molecular flexibility index (Phi) is 18.5. The summed E-state index contributed by atoms with van der Waals surface area (Å²) in [6.07, 6.45) is -10.8. The van der Waals surface area contributed by atoms with Crippen LogP contribution in [0.2, 0.25) is 0 Å². The van der Waals surface area contributed by atoms with E-state index in [-0.39, 0.29) is 18.8 Å². The van der Waals surface area contributed by atoms with Crippen molar-refractivity contribution < 1.29 is 71.7 Å². The van der Waals surface area contributed by atoms with E-state index in [4.69, 9.17) is 34.8 Å². The van der Waals surface area contributed by atoms with Gasteiger partial charge in [0, 0.05) is 0 Å². The standard InChI is InChI=1S/C9H20N2O3.C4H12N2O.2C2HF3O2/c1-8(2,3)14-7(13)10-11-9(4,5)6-12;1-4(2,3-7)6-5;2*3-2(4,5)1(6)7/h11-12H,6H2,1-5H3,(H,10,13);6-7H,3,5H2,1-2H3;2*(H,6,7). The number of alkyl halides is 6. The SMILES string of the molecule is CC(C)(CO)NNC(=O)OC(C)(C)C.CC(C)(CO)N[NH3+].O=C(O)C(F)(F)F.O=C([O-])C(F)(F)F. The van der Waals surface area contributed by atoms with Gasteiger partial charge in [-0.15, -0.1) is 0 Å². The number of quaternary nitrogens is 1. The summed E-state index contributed by atoms with van der Waals surface area (Å²) in [5.41, 5.74) is 6.41. The second-order valence-electron chi connectivity index (χ2n) is 8.60. The smallest absolute Gasteiger partial charge is 0.490 e.